The second-order valence-corrected chi connectivity index (χ2v) is 18.9. The number of hydrogen-bond donors (Lipinski definition) is 3. The quantitative estimate of drug-likeness (QED) is 0.0245. The first kappa shape index (κ1) is 55.0. The van der Waals surface area contributed by atoms with Crippen LogP contribution in [0.15, 0.2) is 24.3 Å². The lowest BCUT2D eigenvalue weighted by atomic mass is 10.0. The Bertz CT molecular complexity index is 969. The molecule has 1 amide bonds. The van der Waals surface area contributed by atoms with E-state index in [9.17, 15) is 19.4 Å². The second kappa shape index (κ2) is 39.4. The number of carbonyl (C=O) groups excluding carboxylic acids is 1. The number of phosphoric acid groups is 1. The lowest BCUT2D eigenvalue weighted by Gasteiger charge is -2.25. The van der Waals surface area contributed by atoms with Crippen LogP contribution in [-0.2, 0) is 18.4 Å². The number of rotatable bonds is 43. The van der Waals surface area contributed by atoms with E-state index >= 15 is 0 Å². The van der Waals surface area contributed by atoms with Gasteiger partial charge in [-0.05, 0) is 44.9 Å². The van der Waals surface area contributed by atoms with E-state index in [0.29, 0.717) is 17.4 Å². The maximum absolute atomic E-state index is 12.9. The molecule has 3 unspecified atom stereocenters. The summed E-state index contributed by atoms with van der Waals surface area (Å²) in [5.74, 6) is -0.177. The van der Waals surface area contributed by atoms with Gasteiger partial charge in [-0.2, -0.15) is 0 Å². The number of aliphatic hydroxyl groups excluding tert-OH is 1. The van der Waals surface area contributed by atoms with E-state index in [1.54, 1.807) is 6.08 Å². The average molecular weight is 814 g/mol. The molecular formula is C47H94N2O6P+. The SMILES string of the molecule is CCCCCCCC/C=C/CCCCCCCCCCCCCC(=O)NC(COP(=O)(O)OCC[N+](C)(C)C)C(O)/C=C/CCCCCCCCCCCCC. The molecular weight excluding hydrogens is 719 g/mol. The monoisotopic (exact) mass is 814 g/mol. The summed E-state index contributed by atoms with van der Waals surface area (Å²) >= 11 is 0. The maximum atomic E-state index is 12.9. The molecule has 0 aromatic carbocycles. The van der Waals surface area contributed by atoms with Crippen LogP contribution in [0.5, 0.6) is 0 Å². The van der Waals surface area contributed by atoms with Gasteiger partial charge in [-0.3, -0.25) is 13.8 Å². The minimum atomic E-state index is -4.33. The number of nitrogens with zero attached hydrogens (tertiary/aromatic N) is 1. The molecule has 3 N–H and O–H groups in total. The molecule has 0 saturated carbocycles. The van der Waals surface area contributed by atoms with Crippen molar-refractivity contribution in [2.45, 2.75) is 231 Å². The van der Waals surface area contributed by atoms with Crippen LogP contribution in [0.2, 0.25) is 0 Å². The van der Waals surface area contributed by atoms with Crippen molar-refractivity contribution < 1.29 is 32.9 Å². The van der Waals surface area contributed by atoms with Gasteiger partial charge in [0.15, 0.2) is 0 Å². The zero-order chi connectivity index (χ0) is 41.4. The van der Waals surface area contributed by atoms with E-state index in [1.165, 1.54) is 161 Å². The van der Waals surface area contributed by atoms with E-state index in [1.807, 2.05) is 27.2 Å². The number of hydrogen-bond acceptors (Lipinski definition) is 5. The van der Waals surface area contributed by atoms with Gasteiger partial charge in [0.25, 0.3) is 0 Å². The smallest absolute Gasteiger partial charge is 0.387 e. The summed E-state index contributed by atoms with van der Waals surface area (Å²) in [4.78, 5) is 23.1. The third-order valence-electron chi connectivity index (χ3n) is 10.7. The standard InChI is InChI=1S/C47H93N2O6P/c1-6-8-10-12-14-16-18-20-21-22-23-24-25-26-27-29-31-33-35-37-39-41-47(51)48-45(44-55-56(52,53)54-43-42-49(3,4)5)46(50)40-38-36-34-32-30-28-19-17-15-13-11-9-7-2/h20-21,38,40,45-46,50H,6-19,22-37,39,41-44H2,1-5H3,(H-,48,51,52,53)/p+1/b21-20+,40-38+. The molecule has 0 fully saturated rings. The van der Waals surface area contributed by atoms with Crippen LogP contribution in [-0.4, -0.2) is 73.4 Å². The molecule has 0 aromatic rings. The van der Waals surface area contributed by atoms with E-state index in [4.69, 9.17) is 9.05 Å². The summed E-state index contributed by atoms with van der Waals surface area (Å²) in [7, 11) is 1.58. The molecule has 0 heterocycles. The summed E-state index contributed by atoms with van der Waals surface area (Å²) in [5.41, 5.74) is 0. The molecule has 9 heteroatoms. The highest BCUT2D eigenvalue weighted by Gasteiger charge is 2.27. The summed E-state index contributed by atoms with van der Waals surface area (Å²) in [6, 6.07) is -0.843. The van der Waals surface area contributed by atoms with Gasteiger partial charge in [0.1, 0.15) is 13.2 Å². The van der Waals surface area contributed by atoms with Gasteiger partial charge in [0.2, 0.25) is 5.91 Å². The fourth-order valence-electron chi connectivity index (χ4n) is 6.86. The first-order valence-corrected chi connectivity index (χ1v) is 25.2. The average Bonchev–Trinajstić information content (AvgIpc) is 3.15. The highest BCUT2D eigenvalue weighted by molar-refractivity contribution is 7.47. The maximum Gasteiger partial charge on any atom is 0.472 e. The Morgan fingerprint density at radius 3 is 1.38 bits per heavy atom. The lowest BCUT2D eigenvalue weighted by Crippen LogP contribution is -2.45. The van der Waals surface area contributed by atoms with Crippen molar-refractivity contribution in [2.24, 2.45) is 0 Å². The Hall–Kier alpha value is -1.02. The number of aliphatic hydroxyl groups is 1. The number of carbonyl (C=O) groups is 1. The molecule has 0 spiro atoms. The van der Waals surface area contributed by atoms with Gasteiger partial charge in [-0.15, -0.1) is 0 Å². The number of unbranched alkanes of at least 4 members (excludes halogenated alkanes) is 28. The minimum absolute atomic E-state index is 0.0627. The van der Waals surface area contributed by atoms with Gasteiger partial charge in [-0.1, -0.05) is 192 Å². The van der Waals surface area contributed by atoms with E-state index in [-0.39, 0.29) is 19.1 Å². The summed E-state index contributed by atoms with van der Waals surface area (Å²) < 4.78 is 23.6. The van der Waals surface area contributed by atoms with Gasteiger partial charge >= 0.3 is 7.82 Å². The lowest BCUT2D eigenvalue weighted by molar-refractivity contribution is -0.870. The Morgan fingerprint density at radius 1 is 0.589 bits per heavy atom. The van der Waals surface area contributed by atoms with E-state index in [2.05, 4.69) is 31.3 Å². The molecule has 0 aromatic heterocycles. The van der Waals surface area contributed by atoms with Crippen molar-refractivity contribution in [3.05, 3.63) is 24.3 Å². The minimum Gasteiger partial charge on any atom is -0.387 e. The Morgan fingerprint density at radius 2 is 0.964 bits per heavy atom. The molecule has 0 rings (SSSR count). The van der Waals surface area contributed by atoms with Crippen molar-refractivity contribution in [3.8, 4) is 0 Å². The summed E-state index contributed by atoms with van der Waals surface area (Å²) in [6.07, 6.45) is 46.7. The number of phosphoric ester groups is 1. The molecule has 0 aliphatic carbocycles. The largest absolute Gasteiger partial charge is 0.472 e. The van der Waals surface area contributed by atoms with Crippen LogP contribution in [0.25, 0.3) is 0 Å². The fraction of sp³-hybridized carbons (Fsp3) is 0.894. The molecule has 0 aliphatic rings. The van der Waals surface area contributed by atoms with Gasteiger partial charge in [0.05, 0.1) is 39.9 Å². The third kappa shape index (κ3) is 41.2. The summed E-state index contributed by atoms with van der Waals surface area (Å²) in [5, 5.41) is 13.8. The Kier molecular flexibility index (Phi) is 38.7. The van der Waals surface area contributed by atoms with Crippen LogP contribution in [0.4, 0.5) is 0 Å². The van der Waals surface area contributed by atoms with Crippen molar-refractivity contribution >= 4 is 13.7 Å². The number of amides is 1. The number of nitrogens with one attached hydrogen (secondary N) is 1. The molecule has 56 heavy (non-hydrogen) atoms. The van der Waals surface area contributed by atoms with Gasteiger partial charge < -0.3 is 19.8 Å². The highest BCUT2D eigenvalue weighted by atomic mass is 31.2. The van der Waals surface area contributed by atoms with Crippen molar-refractivity contribution in [1.82, 2.24) is 5.32 Å². The molecule has 332 valence electrons. The molecule has 0 saturated heterocycles. The van der Waals surface area contributed by atoms with E-state index < -0.39 is 20.0 Å². The molecule has 3 atom stereocenters. The van der Waals surface area contributed by atoms with Crippen molar-refractivity contribution in [1.29, 1.82) is 0 Å². The predicted molar refractivity (Wildman–Crippen MR) is 240 cm³/mol. The molecule has 0 bridgehead atoms. The fourth-order valence-corrected chi connectivity index (χ4v) is 7.60. The topological polar surface area (TPSA) is 105 Å². The van der Waals surface area contributed by atoms with Crippen LogP contribution in [0, 0.1) is 0 Å². The van der Waals surface area contributed by atoms with Crippen molar-refractivity contribution in [3.63, 3.8) is 0 Å². The Labute approximate surface area is 347 Å². The van der Waals surface area contributed by atoms with Crippen LogP contribution in [0.1, 0.15) is 219 Å². The molecule has 8 nitrogen and oxygen atoms in total. The molecule has 0 aliphatic heterocycles. The van der Waals surface area contributed by atoms with Crippen LogP contribution in [0.3, 0.4) is 0 Å². The van der Waals surface area contributed by atoms with E-state index in [0.717, 1.165) is 38.5 Å². The van der Waals surface area contributed by atoms with Crippen LogP contribution < -0.4 is 5.32 Å². The highest BCUT2D eigenvalue weighted by Crippen LogP contribution is 2.43. The Balaban J connectivity index is 4.30. The van der Waals surface area contributed by atoms with Crippen molar-refractivity contribution in [2.75, 3.05) is 40.9 Å². The second-order valence-electron chi connectivity index (χ2n) is 17.5. The molecule has 0 radical (unpaired) electrons. The first-order chi connectivity index (χ1) is 27.0. The normalized spacial score (nSPS) is 14.5. The zero-order valence-electron chi connectivity index (χ0n) is 37.6. The zero-order valence-corrected chi connectivity index (χ0v) is 38.5. The van der Waals surface area contributed by atoms with Gasteiger partial charge in [0, 0.05) is 6.42 Å². The third-order valence-corrected chi connectivity index (χ3v) is 11.6. The number of allylic oxidation sites excluding steroid dienone is 3. The number of likely N-dealkylation sites (N-methyl/N-ethyl adjacent to an activating group) is 1. The van der Waals surface area contributed by atoms with Gasteiger partial charge in [-0.25, -0.2) is 4.57 Å². The predicted octanol–water partition coefficient (Wildman–Crippen LogP) is 13.3. The summed E-state index contributed by atoms with van der Waals surface area (Å²) in [6.45, 7) is 4.81. The number of quaternary nitrogens is 1. The first-order valence-electron chi connectivity index (χ1n) is 23.7. The van der Waals surface area contributed by atoms with Crippen LogP contribution >= 0.6 is 7.82 Å².